The van der Waals surface area contributed by atoms with Crippen molar-refractivity contribution in [2.24, 2.45) is 0 Å². The summed E-state index contributed by atoms with van der Waals surface area (Å²) >= 11 is 0. The first-order chi connectivity index (χ1) is 20.6. The molecular weight excluding hydrogens is 510 g/mol. The van der Waals surface area contributed by atoms with Crippen LogP contribution in [-0.2, 0) is 5.41 Å². The van der Waals surface area contributed by atoms with Gasteiger partial charge in [0.25, 0.3) is 0 Å². The molecule has 1 aliphatic heterocycles. The van der Waals surface area contributed by atoms with E-state index in [0.717, 1.165) is 28.5 Å². The summed E-state index contributed by atoms with van der Waals surface area (Å²) in [5, 5.41) is 2.60. The maximum absolute atomic E-state index is 4.83. The van der Waals surface area contributed by atoms with Gasteiger partial charge in [-0.1, -0.05) is 74.5 Å². The van der Waals surface area contributed by atoms with E-state index in [0.29, 0.717) is 0 Å². The monoisotopic (exact) mass is 541 g/mol. The van der Waals surface area contributed by atoms with E-state index in [9.17, 15) is 0 Å². The number of benzene rings is 5. The summed E-state index contributed by atoms with van der Waals surface area (Å²) < 4.78 is 2.21. The lowest BCUT2D eigenvalue weighted by Crippen LogP contribution is -2.16. The van der Waals surface area contributed by atoms with E-state index < -0.39 is 0 Å². The van der Waals surface area contributed by atoms with Crippen molar-refractivity contribution in [1.29, 1.82) is 0 Å². The molecule has 6 aromatic rings. The Morgan fingerprint density at radius 2 is 1.55 bits per heavy atom. The third kappa shape index (κ3) is 3.50. The summed E-state index contributed by atoms with van der Waals surface area (Å²) in [7, 11) is 0. The largest absolute Gasteiger partial charge is 0.317 e. The molecule has 0 unspecified atom stereocenters. The number of para-hydroxylation sites is 1. The summed E-state index contributed by atoms with van der Waals surface area (Å²) in [4.78, 5) is 7.14. The Morgan fingerprint density at radius 3 is 2.36 bits per heavy atom. The molecule has 0 fully saturated rings. The highest BCUT2D eigenvalue weighted by atomic mass is 15.1. The van der Waals surface area contributed by atoms with Gasteiger partial charge in [-0.25, -0.2) is 4.98 Å². The van der Waals surface area contributed by atoms with Crippen molar-refractivity contribution in [2.45, 2.75) is 26.2 Å². The number of hydrogen-bond donors (Lipinski definition) is 0. The van der Waals surface area contributed by atoms with E-state index in [1.807, 2.05) is 19.2 Å². The first-order valence-corrected chi connectivity index (χ1v) is 14.6. The van der Waals surface area contributed by atoms with Crippen molar-refractivity contribution >= 4 is 34.3 Å². The van der Waals surface area contributed by atoms with Crippen LogP contribution in [0, 0.1) is 0 Å². The van der Waals surface area contributed by atoms with Crippen LogP contribution < -0.4 is 4.90 Å². The van der Waals surface area contributed by atoms with Crippen molar-refractivity contribution in [2.75, 3.05) is 4.90 Å². The molecule has 0 bridgehead atoms. The lowest BCUT2D eigenvalue weighted by Gasteiger charge is -2.29. The quantitative estimate of drug-likeness (QED) is 0.221. The SMILES string of the molecule is C/C=C\c1cnc(-c2ccc(N3C=Cc4c5c(cc6cccc3c46)C(C)(C)c3ccccc3-5)cc2)n1-c1ccccc1. The average Bonchev–Trinajstić information content (AvgIpc) is 3.55. The number of fused-ring (bicyclic) bond motifs is 4. The van der Waals surface area contributed by atoms with Gasteiger partial charge >= 0.3 is 0 Å². The first-order valence-electron chi connectivity index (χ1n) is 14.6. The molecule has 202 valence electrons. The van der Waals surface area contributed by atoms with Crippen molar-refractivity contribution in [3.8, 4) is 28.2 Å². The van der Waals surface area contributed by atoms with Gasteiger partial charge in [0, 0.05) is 33.9 Å². The van der Waals surface area contributed by atoms with Crippen LogP contribution in [0.4, 0.5) is 11.4 Å². The predicted octanol–water partition coefficient (Wildman–Crippen LogP) is 10.2. The Hall–Kier alpha value is -5.15. The third-order valence-electron chi connectivity index (χ3n) is 8.92. The molecule has 1 aromatic heterocycles. The molecule has 2 heterocycles. The van der Waals surface area contributed by atoms with E-state index in [1.54, 1.807) is 0 Å². The summed E-state index contributed by atoms with van der Waals surface area (Å²) in [5.74, 6) is 0.930. The fraction of sp³-hybridized carbons (Fsp3) is 0.103. The van der Waals surface area contributed by atoms with Crippen LogP contribution >= 0.6 is 0 Å². The van der Waals surface area contributed by atoms with Gasteiger partial charge in [0.05, 0.1) is 17.6 Å². The second kappa shape index (κ2) is 9.19. The molecule has 5 aromatic carbocycles. The molecule has 1 aliphatic carbocycles. The molecule has 42 heavy (non-hydrogen) atoms. The average molecular weight is 542 g/mol. The highest BCUT2D eigenvalue weighted by Gasteiger charge is 2.38. The minimum absolute atomic E-state index is 0.0222. The predicted molar refractivity (Wildman–Crippen MR) is 176 cm³/mol. The second-order valence-corrected chi connectivity index (χ2v) is 11.7. The van der Waals surface area contributed by atoms with Gasteiger partial charge in [-0.15, -0.1) is 0 Å². The third-order valence-corrected chi connectivity index (χ3v) is 8.92. The van der Waals surface area contributed by atoms with Gasteiger partial charge in [0.2, 0.25) is 0 Å². The second-order valence-electron chi connectivity index (χ2n) is 11.7. The van der Waals surface area contributed by atoms with Crippen LogP contribution in [-0.4, -0.2) is 9.55 Å². The summed E-state index contributed by atoms with van der Waals surface area (Å²) in [6, 6.07) is 37.2. The summed E-state index contributed by atoms with van der Waals surface area (Å²) in [5.41, 5.74) is 12.4. The molecule has 8 rings (SSSR count). The zero-order chi connectivity index (χ0) is 28.4. The van der Waals surface area contributed by atoms with Crippen LogP contribution in [0.15, 0.2) is 122 Å². The highest BCUT2D eigenvalue weighted by Crippen LogP contribution is 2.54. The van der Waals surface area contributed by atoms with E-state index in [4.69, 9.17) is 4.98 Å². The van der Waals surface area contributed by atoms with Gasteiger partial charge in [-0.2, -0.15) is 0 Å². The molecule has 0 spiro atoms. The molecule has 3 nitrogen and oxygen atoms in total. The van der Waals surface area contributed by atoms with Gasteiger partial charge in [0.1, 0.15) is 5.82 Å². The Morgan fingerprint density at radius 1 is 0.762 bits per heavy atom. The van der Waals surface area contributed by atoms with Crippen LogP contribution in [0.3, 0.4) is 0 Å². The lowest BCUT2D eigenvalue weighted by atomic mass is 9.81. The number of imidazole rings is 1. The lowest BCUT2D eigenvalue weighted by molar-refractivity contribution is 0.661. The summed E-state index contributed by atoms with van der Waals surface area (Å²) in [6.07, 6.45) is 10.6. The molecular formula is C39H31N3. The zero-order valence-electron chi connectivity index (χ0n) is 24.0. The van der Waals surface area contributed by atoms with Crippen LogP contribution in [0.25, 0.3) is 51.1 Å². The van der Waals surface area contributed by atoms with E-state index >= 15 is 0 Å². The van der Waals surface area contributed by atoms with Gasteiger partial charge in [-0.05, 0) is 101 Å². The van der Waals surface area contributed by atoms with Crippen molar-refractivity contribution < 1.29 is 0 Å². The zero-order valence-corrected chi connectivity index (χ0v) is 24.0. The fourth-order valence-electron chi connectivity index (χ4n) is 6.94. The minimum Gasteiger partial charge on any atom is -0.317 e. The standard InChI is InChI=1S/C39H31N3/c1-4-11-30-25-40-38(42(30)29-13-6-5-7-14-29)26-18-20-28(21-19-26)41-23-22-32-36-27(12-10-17-35(36)41)24-34-37(32)31-15-8-9-16-33(31)39(34,2)3/h4-25H,1-3H3/b11-4-. The maximum Gasteiger partial charge on any atom is 0.144 e. The molecule has 0 atom stereocenters. The normalized spacial score (nSPS) is 14.5. The minimum atomic E-state index is -0.0222. The van der Waals surface area contributed by atoms with Crippen molar-refractivity contribution in [1.82, 2.24) is 9.55 Å². The molecule has 0 saturated carbocycles. The number of allylic oxidation sites excluding steroid dienone is 1. The Kier molecular flexibility index (Phi) is 5.39. The van der Waals surface area contributed by atoms with E-state index in [2.05, 4.69) is 145 Å². The van der Waals surface area contributed by atoms with Crippen LogP contribution in [0.5, 0.6) is 0 Å². The molecule has 2 aliphatic rings. The number of nitrogens with zero attached hydrogens (tertiary/aromatic N) is 3. The Bertz CT molecular complexity index is 2060. The van der Waals surface area contributed by atoms with Gasteiger partial charge in [0.15, 0.2) is 0 Å². The first kappa shape index (κ1) is 24.6. The van der Waals surface area contributed by atoms with Crippen molar-refractivity contribution in [3.63, 3.8) is 0 Å². The highest BCUT2D eigenvalue weighted by molar-refractivity contribution is 6.10. The van der Waals surface area contributed by atoms with Crippen molar-refractivity contribution in [3.05, 3.63) is 144 Å². The van der Waals surface area contributed by atoms with E-state index in [1.165, 1.54) is 44.3 Å². The van der Waals surface area contributed by atoms with Crippen LogP contribution in [0.2, 0.25) is 0 Å². The molecule has 0 radical (unpaired) electrons. The van der Waals surface area contributed by atoms with Gasteiger partial charge < -0.3 is 4.90 Å². The number of hydrogen-bond acceptors (Lipinski definition) is 2. The summed E-state index contributed by atoms with van der Waals surface area (Å²) in [6.45, 7) is 6.74. The van der Waals surface area contributed by atoms with E-state index in [-0.39, 0.29) is 5.41 Å². The Labute approximate surface area is 246 Å². The topological polar surface area (TPSA) is 21.1 Å². The molecule has 0 amide bonds. The molecule has 0 N–H and O–H groups in total. The number of rotatable bonds is 4. The molecule has 0 saturated heterocycles. The van der Waals surface area contributed by atoms with Crippen LogP contribution in [0.1, 0.15) is 43.2 Å². The Balaban J connectivity index is 1.23. The maximum atomic E-state index is 4.83. The van der Waals surface area contributed by atoms with Gasteiger partial charge in [-0.3, -0.25) is 4.57 Å². The number of aromatic nitrogens is 2. The smallest absolute Gasteiger partial charge is 0.144 e. The fourth-order valence-corrected chi connectivity index (χ4v) is 6.94. The number of anilines is 2. The molecule has 3 heteroatoms.